The molecule has 4 N–H and O–H groups in total. The lowest BCUT2D eigenvalue weighted by atomic mass is 9.70. The van der Waals surface area contributed by atoms with Crippen molar-refractivity contribution in [1.29, 1.82) is 0 Å². The van der Waals surface area contributed by atoms with E-state index in [4.69, 9.17) is 0 Å². The summed E-state index contributed by atoms with van der Waals surface area (Å²) >= 11 is 0. The van der Waals surface area contributed by atoms with Gasteiger partial charge in [0.2, 0.25) is 17.6 Å². The molecule has 1 unspecified atom stereocenters. The molecule has 15 heteroatoms. The van der Waals surface area contributed by atoms with Gasteiger partial charge in [-0.05, 0) is 48.3 Å². The van der Waals surface area contributed by atoms with Crippen LogP contribution in [-0.4, -0.2) is 116 Å². The van der Waals surface area contributed by atoms with Crippen LogP contribution < -0.4 is 21.3 Å². The highest BCUT2D eigenvalue weighted by atomic mass is 32.2. The van der Waals surface area contributed by atoms with E-state index in [1.807, 2.05) is 48.5 Å². The van der Waals surface area contributed by atoms with Gasteiger partial charge in [0.15, 0.2) is 0 Å². The Kier molecular flexibility index (Phi) is 16.8. The highest BCUT2D eigenvalue weighted by Crippen LogP contribution is 2.41. The molecule has 52 heavy (non-hydrogen) atoms. The van der Waals surface area contributed by atoms with Crippen molar-refractivity contribution in [2.45, 2.75) is 130 Å². The van der Waals surface area contributed by atoms with Crippen molar-refractivity contribution in [3.05, 3.63) is 12.7 Å². The summed E-state index contributed by atoms with van der Waals surface area (Å²) in [7, 11) is 0.598. The van der Waals surface area contributed by atoms with Crippen molar-refractivity contribution in [2.24, 2.45) is 22.7 Å². The number of nitrogens with one attached hydrogen (secondary N) is 4. The molecule has 2 rings (SSSR count). The van der Waals surface area contributed by atoms with Crippen LogP contribution in [0.1, 0.15) is 106 Å². The minimum Gasteiger partial charge on any atom is -0.346 e. The second-order valence-electron chi connectivity index (χ2n) is 16.5. The zero-order valence-electron chi connectivity index (χ0n) is 33.3. The molecular weight excluding hydrogens is 687 g/mol. The molecule has 0 aromatic heterocycles. The van der Waals surface area contributed by atoms with Gasteiger partial charge in [0.25, 0.3) is 16.1 Å². The molecule has 1 aliphatic heterocycles. The number of rotatable bonds is 18. The van der Waals surface area contributed by atoms with E-state index in [-0.39, 0.29) is 37.3 Å². The van der Waals surface area contributed by atoms with Gasteiger partial charge in [-0.1, -0.05) is 86.6 Å². The fourth-order valence-electron chi connectivity index (χ4n) is 7.29. The lowest BCUT2D eigenvalue weighted by molar-refractivity contribution is -0.145. The number of likely N-dealkylation sites (N-methyl/N-ethyl adjacent to an activating group) is 1. The van der Waals surface area contributed by atoms with Crippen LogP contribution in [0, 0.1) is 22.7 Å². The number of carbonyl (C=O) groups excluding carboxylic acids is 5. The lowest BCUT2D eigenvalue weighted by Crippen LogP contribution is -2.63. The van der Waals surface area contributed by atoms with Gasteiger partial charge in [0, 0.05) is 46.8 Å². The molecule has 14 nitrogen and oxygen atoms in total. The number of hydrogen-bond acceptors (Lipinski definition) is 7. The van der Waals surface area contributed by atoms with Gasteiger partial charge >= 0.3 is 6.03 Å². The topological polar surface area (TPSA) is 177 Å². The van der Waals surface area contributed by atoms with E-state index in [1.54, 1.807) is 4.90 Å². The van der Waals surface area contributed by atoms with Crippen molar-refractivity contribution in [3.8, 4) is 0 Å². The third kappa shape index (κ3) is 11.7. The van der Waals surface area contributed by atoms with Crippen LogP contribution in [-0.2, 0) is 29.4 Å². The molecule has 0 spiro atoms. The summed E-state index contributed by atoms with van der Waals surface area (Å²) < 4.78 is 28.0. The van der Waals surface area contributed by atoms with E-state index in [0.717, 1.165) is 30.0 Å². The molecular formula is C37H67N7O7S. The van der Waals surface area contributed by atoms with Crippen molar-refractivity contribution in [3.63, 3.8) is 0 Å². The maximum Gasteiger partial charge on any atom is 0.315 e. The summed E-state index contributed by atoms with van der Waals surface area (Å²) in [4.78, 5) is 70.3. The average molecular weight is 754 g/mol. The molecule has 1 heterocycles. The molecule has 5 amide bonds. The normalized spacial score (nSPS) is 21.0. The Bertz CT molecular complexity index is 1370. The molecule has 1 saturated heterocycles. The molecule has 2 fully saturated rings. The van der Waals surface area contributed by atoms with Crippen LogP contribution >= 0.6 is 0 Å². The Labute approximate surface area is 312 Å². The minimum absolute atomic E-state index is 0.00127. The van der Waals surface area contributed by atoms with Crippen molar-refractivity contribution in [1.82, 2.24) is 34.8 Å². The van der Waals surface area contributed by atoms with Gasteiger partial charge in [-0.3, -0.25) is 19.2 Å². The Morgan fingerprint density at radius 1 is 1.00 bits per heavy atom. The van der Waals surface area contributed by atoms with E-state index in [1.165, 1.54) is 31.5 Å². The molecule has 0 aromatic carbocycles. The number of likely N-dealkylation sites (tertiary alicyclic amines) is 1. The van der Waals surface area contributed by atoms with E-state index < -0.39 is 68.8 Å². The molecule has 0 bridgehead atoms. The van der Waals surface area contributed by atoms with Gasteiger partial charge in [-0.2, -0.15) is 17.0 Å². The number of urea groups is 1. The summed E-state index contributed by atoms with van der Waals surface area (Å²) in [6.45, 7) is 17.6. The maximum absolute atomic E-state index is 14.8. The van der Waals surface area contributed by atoms with Crippen molar-refractivity contribution < 1.29 is 32.4 Å². The van der Waals surface area contributed by atoms with Gasteiger partial charge in [0.05, 0.1) is 6.04 Å². The zero-order valence-corrected chi connectivity index (χ0v) is 34.2. The lowest BCUT2D eigenvalue weighted by Gasteiger charge is -2.43. The molecule has 2 aliphatic rings. The van der Waals surface area contributed by atoms with E-state index in [2.05, 4.69) is 27.8 Å². The predicted molar refractivity (Wildman–Crippen MR) is 203 cm³/mol. The Morgan fingerprint density at radius 2 is 1.62 bits per heavy atom. The summed E-state index contributed by atoms with van der Waals surface area (Å²) in [6, 6.07) is -4.15. The van der Waals surface area contributed by atoms with Crippen LogP contribution in [0.5, 0.6) is 0 Å². The van der Waals surface area contributed by atoms with Gasteiger partial charge < -0.3 is 26.2 Å². The molecule has 5 atom stereocenters. The summed E-state index contributed by atoms with van der Waals surface area (Å²) in [5.74, 6) is -2.61. The SMILES string of the molecule is C=CCNC(=O)C(=O)C(CCCC)NC(=O)[C@@H]1[C@@H](C(C)C)CCN1C(=O)[C@@H](NC(=O)N[C@H](CN(C)S(=O)(=O)N(C)C)C(C)(C)C)C1(C)CCCCC1. The second kappa shape index (κ2) is 19.3. The maximum atomic E-state index is 14.8. The number of ketones is 1. The first kappa shape index (κ1) is 45.1. The largest absolute Gasteiger partial charge is 0.346 e. The minimum atomic E-state index is -3.75. The average Bonchev–Trinajstić information content (AvgIpc) is 3.52. The third-order valence-electron chi connectivity index (χ3n) is 10.8. The quantitative estimate of drug-likeness (QED) is 0.123. The summed E-state index contributed by atoms with van der Waals surface area (Å²) in [6.07, 6.45) is 7.84. The standard InChI is InChI=1S/C37H67N7O7S/c1-12-14-18-27(30(45)33(47)38-22-13-2)39-32(46)29-26(25(3)4)19-23-44(29)34(48)31(37(8)20-16-15-17-21-37)41-35(49)40-28(36(5,6)7)24-43(11)52(50,51)42(9)10/h13,25-29,31H,2,12,14-24H2,1,3-11H3,(H,38,47)(H,39,46)(H2,40,41,49)/t26-,27?,28-,29+,31-/m1/s1. The number of unbranched alkanes of at least 4 members (excludes halogenated alkanes) is 1. The number of nitrogens with zero attached hydrogens (tertiary/aromatic N) is 3. The number of amides is 5. The zero-order chi connectivity index (χ0) is 39.6. The molecule has 0 aromatic rings. The van der Waals surface area contributed by atoms with Crippen LogP contribution in [0.2, 0.25) is 0 Å². The number of Topliss-reactive ketones (excluding diaryl/α,β-unsaturated/α-hetero) is 1. The molecule has 1 aliphatic carbocycles. The first-order valence-electron chi connectivity index (χ1n) is 18.9. The first-order valence-corrected chi connectivity index (χ1v) is 20.3. The molecule has 298 valence electrons. The van der Waals surface area contributed by atoms with Crippen LogP contribution in [0.4, 0.5) is 4.79 Å². The third-order valence-corrected chi connectivity index (χ3v) is 12.7. The van der Waals surface area contributed by atoms with Gasteiger partial charge in [-0.25, -0.2) is 4.79 Å². The monoisotopic (exact) mass is 753 g/mol. The first-order chi connectivity index (χ1) is 24.1. The van der Waals surface area contributed by atoms with Crippen LogP contribution in [0.25, 0.3) is 0 Å². The summed E-state index contributed by atoms with van der Waals surface area (Å²) in [5.41, 5.74) is -1.15. The molecule has 0 radical (unpaired) electrons. The fourth-order valence-corrected chi connectivity index (χ4v) is 8.18. The highest BCUT2D eigenvalue weighted by Gasteiger charge is 2.50. The van der Waals surface area contributed by atoms with E-state index in [9.17, 15) is 32.4 Å². The van der Waals surface area contributed by atoms with Gasteiger partial charge in [0.1, 0.15) is 12.1 Å². The number of hydrogen-bond donors (Lipinski definition) is 4. The summed E-state index contributed by atoms with van der Waals surface area (Å²) in [5, 5.41) is 11.3. The van der Waals surface area contributed by atoms with E-state index in [0.29, 0.717) is 32.2 Å². The molecule has 1 saturated carbocycles. The fraction of sp³-hybridized carbons (Fsp3) is 0.811. The Morgan fingerprint density at radius 3 is 2.13 bits per heavy atom. The predicted octanol–water partition coefficient (Wildman–Crippen LogP) is 3.20. The Balaban J connectivity index is 2.46. The highest BCUT2D eigenvalue weighted by molar-refractivity contribution is 7.86. The second-order valence-corrected chi connectivity index (χ2v) is 18.7. The smallest absolute Gasteiger partial charge is 0.315 e. The number of carbonyl (C=O) groups is 5. The Hall–Kier alpha value is -3.04. The van der Waals surface area contributed by atoms with Gasteiger partial charge in [-0.15, -0.1) is 6.58 Å². The van der Waals surface area contributed by atoms with Crippen LogP contribution in [0.3, 0.4) is 0 Å². The van der Waals surface area contributed by atoms with Crippen LogP contribution in [0.15, 0.2) is 12.7 Å². The van der Waals surface area contributed by atoms with Crippen molar-refractivity contribution in [2.75, 3.05) is 40.8 Å². The van der Waals surface area contributed by atoms with E-state index >= 15 is 0 Å². The van der Waals surface area contributed by atoms with Crippen molar-refractivity contribution >= 4 is 39.7 Å².